The average Bonchev–Trinajstić information content (AvgIpc) is 2.78. The zero-order chi connectivity index (χ0) is 14.0. The van der Waals surface area contributed by atoms with Gasteiger partial charge >= 0.3 is 5.97 Å². The molecule has 6 heteroatoms. The Morgan fingerprint density at radius 1 is 1.53 bits per heavy atom. The molecule has 1 atom stereocenters. The maximum atomic E-state index is 11.0. The predicted molar refractivity (Wildman–Crippen MR) is 73.7 cm³/mol. The summed E-state index contributed by atoms with van der Waals surface area (Å²) in [4.78, 5) is 11.0. The van der Waals surface area contributed by atoms with Crippen LogP contribution < -0.4 is 5.32 Å². The number of carbonyl (C=O) groups is 1. The second-order valence-corrected chi connectivity index (χ2v) is 4.72. The molecule has 2 rings (SSSR count). The van der Waals surface area contributed by atoms with Crippen molar-refractivity contribution >= 4 is 23.3 Å². The summed E-state index contributed by atoms with van der Waals surface area (Å²) in [5, 5.41) is 16.6. The minimum Gasteiger partial charge on any atom is -0.478 e. The molecule has 0 amide bonds. The molecule has 2 N–H and O–H groups in total. The fourth-order valence-corrected chi connectivity index (χ4v) is 1.97. The molecule has 0 bridgehead atoms. The molecule has 0 aliphatic rings. The summed E-state index contributed by atoms with van der Waals surface area (Å²) in [7, 11) is 1.85. The van der Waals surface area contributed by atoms with Crippen LogP contribution in [0.1, 0.15) is 28.9 Å². The second kappa shape index (κ2) is 5.32. The molecule has 1 aromatic heterocycles. The quantitative estimate of drug-likeness (QED) is 0.903. The molecule has 0 aliphatic carbocycles. The van der Waals surface area contributed by atoms with Crippen LogP contribution in [0.2, 0.25) is 5.02 Å². The number of anilines is 1. The van der Waals surface area contributed by atoms with Crippen LogP contribution in [0.3, 0.4) is 0 Å². The van der Waals surface area contributed by atoms with E-state index in [9.17, 15) is 4.79 Å². The first-order valence-corrected chi connectivity index (χ1v) is 6.13. The first-order chi connectivity index (χ1) is 8.97. The Bertz CT molecular complexity index is 610. The third kappa shape index (κ3) is 3.06. The molecule has 5 nitrogen and oxygen atoms in total. The van der Waals surface area contributed by atoms with Gasteiger partial charge in [-0.2, -0.15) is 5.10 Å². The molecule has 1 heterocycles. The SMILES string of the molecule is CC(Nc1ccc(Cl)c(C(=O)O)c1)c1cnn(C)c1. The molecular formula is C13H14ClN3O2. The molecule has 2 aromatic rings. The lowest BCUT2D eigenvalue weighted by molar-refractivity contribution is 0.0697. The number of aromatic nitrogens is 2. The molecule has 0 saturated carbocycles. The lowest BCUT2D eigenvalue weighted by Crippen LogP contribution is -2.07. The minimum absolute atomic E-state index is 0.0246. The van der Waals surface area contributed by atoms with Gasteiger partial charge in [-0.25, -0.2) is 4.79 Å². The van der Waals surface area contributed by atoms with Crippen molar-refractivity contribution in [2.45, 2.75) is 13.0 Å². The van der Waals surface area contributed by atoms with Crippen molar-refractivity contribution in [2.75, 3.05) is 5.32 Å². The Morgan fingerprint density at radius 3 is 2.84 bits per heavy atom. The zero-order valence-electron chi connectivity index (χ0n) is 10.6. The number of nitrogens with zero attached hydrogens (tertiary/aromatic N) is 2. The molecule has 0 spiro atoms. The second-order valence-electron chi connectivity index (χ2n) is 4.31. The van der Waals surface area contributed by atoms with E-state index in [-0.39, 0.29) is 16.6 Å². The van der Waals surface area contributed by atoms with E-state index in [0.29, 0.717) is 5.69 Å². The maximum Gasteiger partial charge on any atom is 0.337 e. The molecular weight excluding hydrogens is 266 g/mol. The number of hydrogen-bond acceptors (Lipinski definition) is 3. The van der Waals surface area contributed by atoms with Crippen molar-refractivity contribution in [3.63, 3.8) is 0 Å². The van der Waals surface area contributed by atoms with Crippen LogP contribution in [0.15, 0.2) is 30.6 Å². The highest BCUT2D eigenvalue weighted by molar-refractivity contribution is 6.33. The highest BCUT2D eigenvalue weighted by atomic mass is 35.5. The van der Waals surface area contributed by atoms with E-state index in [1.165, 1.54) is 6.07 Å². The number of carboxylic acids is 1. The van der Waals surface area contributed by atoms with Gasteiger partial charge in [-0.1, -0.05) is 11.6 Å². The number of nitrogens with one attached hydrogen (secondary N) is 1. The van der Waals surface area contributed by atoms with Crippen LogP contribution in [0.5, 0.6) is 0 Å². The first-order valence-electron chi connectivity index (χ1n) is 5.75. The van der Waals surface area contributed by atoms with Crippen LogP contribution in [0, 0.1) is 0 Å². The van der Waals surface area contributed by atoms with Crippen molar-refractivity contribution < 1.29 is 9.90 Å². The van der Waals surface area contributed by atoms with Gasteiger partial charge in [0.05, 0.1) is 22.8 Å². The Labute approximate surface area is 115 Å². The van der Waals surface area contributed by atoms with Crippen molar-refractivity contribution in [3.05, 3.63) is 46.7 Å². The number of rotatable bonds is 4. The fourth-order valence-electron chi connectivity index (χ4n) is 1.78. The Balaban J connectivity index is 2.19. The van der Waals surface area contributed by atoms with E-state index in [0.717, 1.165) is 5.56 Å². The number of aryl methyl sites for hydroxylation is 1. The molecule has 0 radical (unpaired) electrons. The highest BCUT2D eigenvalue weighted by Crippen LogP contribution is 2.24. The Kier molecular flexibility index (Phi) is 3.76. The predicted octanol–water partition coefficient (Wildman–Crippen LogP) is 2.94. The molecule has 1 aromatic carbocycles. The third-order valence-corrected chi connectivity index (χ3v) is 3.13. The van der Waals surface area contributed by atoms with Crippen LogP contribution >= 0.6 is 11.6 Å². The summed E-state index contributed by atoms with van der Waals surface area (Å²) in [6, 6.07) is 4.87. The molecule has 100 valence electrons. The number of aromatic carboxylic acids is 1. The van der Waals surface area contributed by atoms with Gasteiger partial charge < -0.3 is 10.4 Å². The maximum absolute atomic E-state index is 11.0. The van der Waals surface area contributed by atoms with Gasteiger partial charge in [0.25, 0.3) is 0 Å². The topological polar surface area (TPSA) is 67.2 Å². The van der Waals surface area contributed by atoms with Crippen LogP contribution in [0.25, 0.3) is 0 Å². The first kappa shape index (κ1) is 13.4. The summed E-state index contributed by atoms with van der Waals surface area (Å²) >= 11 is 5.83. The van der Waals surface area contributed by atoms with E-state index in [4.69, 9.17) is 16.7 Å². The summed E-state index contributed by atoms with van der Waals surface area (Å²) in [6.45, 7) is 1.98. The number of carboxylic acid groups (broad SMARTS) is 1. The van der Waals surface area contributed by atoms with Gasteiger partial charge in [-0.15, -0.1) is 0 Å². The Hall–Kier alpha value is -2.01. The van der Waals surface area contributed by atoms with E-state index in [1.807, 2.05) is 20.2 Å². The standard InChI is InChI=1S/C13H14ClN3O2/c1-8(9-6-15-17(2)7-9)16-10-3-4-12(14)11(5-10)13(18)19/h3-8,16H,1-2H3,(H,18,19). The van der Waals surface area contributed by atoms with E-state index in [2.05, 4.69) is 10.4 Å². The van der Waals surface area contributed by atoms with Crippen LogP contribution in [-0.2, 0) is 7.05 Å². The summed E-state index contributed by atoms with van der Waals surface area (Å²) in [5.41, 5.74) is 1.82. The van der Waals surface area contributed by atoms with Gasteiger partial charge in [-0.3, -0.25) is 4.68 Å². The molecule has 0 saturated heterocycles. The van der Waals surface area contributed by atoms with Crippen molar-refractivity contribution in [1.82, 2.24) is 9.78 Å². The lowest BCUT2D eigenvalue weighted by atomic mass is 10.1. The normalized spacial score (nSPS) is 12.2. The van der Waals surface area contributed by atoms with Crippen molar-refractivity contribution in [2.24, 2.45) is 7.05 Å². The van der Waals surface area contributed by atoms with E-state index in [1.54, 1.807) is 23.0 Å². The molecule has 0 fully saturated rings. The summed E-state index contributed by atoms with van der Waals surface area (Å²) in [5.74, 6) is -1.04. The Morgan fingerprint density at radius 2 is 2.26 bits per heavy atom. The largest absolute Gasteiger partial charge is 0.478 e. The third-order valence-electron chi connectivity index (χ3n) is 2.80. The lowest BCUT2D eigenvalue weighted by Gasteiger charge is -2.14. The van der Waals surface area contributed by atoms with Gasteiger partial charge in [0.2, 0.25) is 0 Å². The highest BCUT2D eigenvalue weighted by Gasteiger charge is 2.12. The molecule has 19 heavy (non-hydrogen) atoms. The van der Waals surface area contributed by atoms with E-state index >= 15 is 0 Å². The van der Waals surface area contributed by atoms with Crippen molar-refractivity contribution in [1.29, 1.82) is 0 Å². The van der Waals surface area contributed by atoms with E-state index < -0.39 is 5.97 Å². The number of hydrogen-bond donors (Lipinski definition) is 2. The minimum atomic E-state index is -1.04. The van der Waals surface area contributed by atoms with Crippen molar-refractivity contribution in [3.8, 4) is 0 Å². The van der Waals surface area contributed by atoms with Gasteiger partial charge in [0, 0.05) is 24.5 Å². The van der Waals surface area contributed by atoms with Gasteiger partial charge in [0.1, 0.15) is 0 Å². The smallest absolute Gasteiger partial charge is 0.337 e. The number of benzene rings is 1. The summed E-state index contributed by atoms with van der Waals surface area (Å²) < 4.78 is 1.72. The average molecular weight is 280 g/mol. The monoisotopic (exact) mass is 279 g/mol. The number of halogens is 1. The van der Waals surface area contributed by atoms with Crippen LogP contribution in [0.4, 0.5) is 5.69 Å². The van der Waals surface area contributed by atoms with Gasteiger partial charge in [-0.05, 0) is 25.1 Å². The fraction of sp³-hybridized carbons (Fsp3) is 0.231. The zero-order valence-corrected chi connectivity index (χ0v) is 11.3. The molecule has 1 unspecified atom stereocenters. The van der Waals surface area contributed by atoms with Crippen LogP contribution in [-0.4, -0.2) is 20.9 Å². The summed E-state index contributed by atoms with van der Waals surface area (Å²) in [6.07, 6.45) is 3.68. The van der Waals surface area contributed by atoms with Gasteiger partial charge in [0.15, 0.2) is 0 Å². The molecule has 0 aliphatic heterocycles.